The van der Waals surface area contributed by atoms with Crippen molar-refractivity contribution in [3.8, 4) is 11.3 Å². The van der Waals surface area contributed by atoms with Crippen LogP contribution in [0.25, 0.3) is 11.3 Å². The van der Waals surface area contributed by atoms with Crippen LogP contribution in [0.1, 0.15) is 5.69 Å². The van der Waals surface area contributed by atoms with Gasteiger partial charge >= 0.3 is 5.97 Å². The topological polar surface area (TPSA) is 81.8 Å². The fourth-order valence-electron chi connectivity index (χ4n) is 1.98. The smallest absolute Gasteiger partial charge is 0.322 e. The molecule has 1 aromatic carbocycles. The van der Waals surface area contributed by atoms with Gasteiger partial charge < -0.3 is 9.26 Å². The Balaban J connectivity index is 1.62. The average molecular weight is 331 g/mol. The third kappa shape index (κ3) is 3.54. The maximum atomic E-state index is 11.9. The van der Waals surface area contributed by atoms with E-state index in [1.807, 2.05) is 0 Å². The number of ether oxygens (including phenoxy) is 1. The van der Waals surface area contributed by atoms with Gasteiger partial charge in [-0.05, 0) is 30.3 Å². The minimum atomic E-state index is -0.998. The number of rotatable bonds is 4. The maximum Gasteiger partial charge on any atom is 0.322 e. The summed E-state index contributed by atoms with van der Waals surface area (Å²) >= 11 is 5.83. The zero-order chi connectivity index (χ0) is 16.2. The van der Waals surface area contributed by atoms with Crippen LogP contribution in [-0.4, -0.2) is 23.2 Å². The summed E-state index contributed by atoms with van der Waals surface area (Å²) in [6, 6.07) is 8.72. The molecule has 0 radical (unpaired) electrons. The summed E-state index contributed by atoms with van der Waals surface area (Å²) in [6.07, 6.45) is 4.31. The largest absolute Gasteiger partial charge is 0.458 e. The Bertz CT molecular complexity index is 793. The van der Waals surface area contributed by atoms with Crippen LogP contribution in [-0.2, 0) is 20.9 Å². The lowest BCUT2D eigenvalue weighted by Gasteiger charge is -2.09. The van der Waals surface area contributed by atoms with Crippen molar-refractivity contribution >= 4 is 29.7 Å². The first kappa shape index (κ1) is 15.2. The number of hydrogen-bond donors (Lipinski definition) is 0. The van der Waals surface area contributed by atoms with Crippen LogP contribution >= 0.6 is 11.6 Å². The molecule has 0 N–H and O–H groups in total. The van der Waals surface area contributed by atoms with E-state index >= 15 is 0 Å². The fraction of sp³-hybridized carbons (Fsp3) is 0.125. The quantitative estimate of drug-likeness (QED) is 0.636. The SMILES string of the molecule is O=C1N=CC=CC1C(=O)OCc1cc(-c2ccc(Cl)cc2)on1. The van der Waals surface area contributed by atoms with Crippen LogP contribution < -0.4 is 0 Å². The highest BCUT2D eigenvalue weighted by molar-refractivity contribution is 6.30. The number of carbonyl (C=O) groups excluding carboxylic acids is 2. The number of carbonyl (C=O) groups is 2. The lowest BCUT2D eigenvalue weighted by Crippen LogP contribution is -2.24. The van der Waals surface area contributed by atoms with Gasteiger partial charge in [-0.2, -0.15) is 0 Å². The molecule has 0 saturated heterocycles. The molecule has 0 fully saturated rings. The summed E-state index contributed by atoms with van der Waals surface area (Å²) in [5.41, 5.74) is 1.25. The van der Waals surface area contributed by atoms with Gasteiger partial charge in [0.1, 0.15) is 12.3 Å². The minimum Gasteiger partial charge on any atom is -0.458 e. The predicted molar refractivity (Wildman–Crippen MR) is 82.9 cm³/mol. The van der Waals surface area contributed by atoms with E-state index in [-0.39, 0.29) is 6.61 Å². The number of aromatic nitrogens is 1. The van der Waals surface area contributed by atoms with Crippen LogP contribution in [0.4, 0.5) is 0 Å². The van der Waals surface area contributed by atoms with Gasteiger partial charge in [-0.3, -0.25) is 9.59 Å². The Morgan fingerprint density at radius 1 is 1.30 bits per heavy atom. The summed E-state index contributed by atoms with van der Waals surface area (Å²) in [7, 11) is 0. The molecule has 1 aliphatic heterocycles. The van der Waals surface area contributed by atoms with Crippen molar-refractivity contribution in [1.82, 2.24) is 5.16 Å². The van der Waals surface area contributed by atoms with Crippen LogP contribution in [0.15, 0.2) is 52.0 Å². The fourth-order valence-corrected chi connectivity index (χ4v) is 2.11. The van der Waals surface area contributed by atoms with Gasteiger partial charge in [0.15, 0.2) is 11.7 Å². The lowest BCUT2D eigenvalue weighted by atomic mass is 10.1. The van der Waals surface area contributed by atoms with E-state index in [1.54, 1.807) is 30.3 Å². The molecule has 0 aliphatic carbocycles. The molecule has 2 heterocycles. The minimum absolute atomic E-state index is 0.0861. The van der Waals surface area contributed by atoms with Gasteiger partial charge in [-0.15, -0.1) is 0 Å². The Morgan fingerprint density at radius 3 is 2.83 bits per heavy atom. The lowest BCUT2D eigenvalue weighted by molar-refractivity contribution is -0.151. The van der Waals surface area contributed by atoms with E-state index in [2.05, 4.69) is 10.1 Å². The monoisotopic (exact) mass is 330 g/mol. The molecular weight excluding hydrogens is 320 g/mol. The second kappa shape index (κ2) is 6.58. The summed E-state index contributed by atoms with van der Waals surface area (Å²) in [4.78, 5) is 26.9. The number of halogens is 1. The summed E-state index contributed by atoms with van der Waals surface area (Å²) in [6.45, 7) is -0.0861. The Kier molecular flexibility index (Phi) is 4.34. The Labute approximate surface area is 136 Å². The second-order valence-corrected chi connectivity index (χ2v) is 5.21. The van der Waals surface area contributed by atoms with Crippen LogP contribution in [0.2, 0.25) is 5.02 Å². The number of esters is 1. The third-order valence-corrected chi connectivity index (χ3v) is 3.41. The summed E-state index contributed by atoms with van der Waals surface area (Å²) < 4.78 is 10.3. The molecule has 7 heteroatoms. The Hall–Kier alpha value is -2.73. The maximum absolute atomic E-state index is 11.9. The van der Waals surface area contributed by atoms with E-state index in [9.17, 15) is 9.59 Å². The zero-order valence-electron chi connectivity index (χ0n) is 11.8. The first-order chi connectivity index (χ1) is 11.1. The highest BCUT2D eigenvalue weighted by Crippen LogP contribution is 2.22. The normalized spacial score (nSPS) is 16.6. The molecule has 2 aromatic rings. The van der Waals surface area contributed by atoms with E-state index in [0.29, 0.717) is 16.5 Å². The number of allylic oxidation sites excluding steroid dienone is 1. The van der Waals surface area contributed by atoms with Gasteiger partial charge in [0.05, 0.1) is 0 Å². The molecule has 1 amide bonds. The number of benzene rings is 1. The van der Waals surface area contributed by atoms with Gasteiger partial charge in [0, 0.05) is 22.9 Å². The van der Waals surface area contributed by atoms with Crippen LogP contribution in [0.3, 0.4) is 0 Å². The molecule has 0 spiro atoms. The first-order valence-electron chi connectivity index (χ1n) is 6.76. The number of dihydropyridines is 1. The molecule has 1 unspecified atom stereocenters. The van der Waals surface area contributed by atoms with Crippen molar-refractivity contribution in [2.24, 2.45) is 10.9 Å². The third-order valence-electron chi connectivity index (χ3n) is 3.16. The van der Waals surface area contributed by atoms with Crippen molar-refractivity contribution in [2.45, 2.75) is 6.61 Å². The first-order valence-corrected chi connectivity index (χ1v) is 7.14. The molecular formula is C16H11ClN2O4. The summed E-state index contributed by atoms with van der Waals surface area (Å²) in [5.74, 6) is -1.67. The molecule has 1 atom stereocenters. The molecule has 23 heavy (non-hydrogen) atoms. The Morgan fingerprint density at radius 2 is 2.09 bits per heavy atom. The summed E-state index contributed by atoms with van der Waals surface area (Å²) in [5, 5.41) is 4.45. The number of hydrogen-bond acceptors (Lipinski definition) is 5. The molecule has 1 aliphatic rings. The van der Waals surface area contributed by atoms with E-state index in [0.717, 1.165) is 5.56 Å². The van der Waals surface area contributed by atoms with Crippen molar-refractivity contribution in [3.05, 3.63) is 53.2 Å². The van der Waals surface area contributed by atoms with Crippen molar-refractivity contribution in [1.29, 1.82) is 0 Å². The van der Waals surface area contributed by atoms with Crippen molar-refractivity contribution < 1.29 is 18.8 Å². The van der Waals surface area contributed by atoms with Crippen molar-refractivity contribution in [3.63, 3.8) is 0 Å². The number of amides is 1. The molecule has 0 bridgehead atoms. The van der Waals surface area contributed by atoms with Gasteiger partial charge in [0.25, 0.3) is 5.91 Å². The standard InChI is InChI=1S/C16H11ClN2O4/c17-11-5-3-10(4-6-11)14-8-12(19-23-14)9-22-16(21)13-2-1-7-18-15(13)20/h1-8,13H,9H2. The predicted octanol–water partition coefficient (Wildman–Crippen LogP) is 2.82. The van der Waals surface area contributed by atoms with Crippen LogP contribution in [0, 0.1) is 5.92 Å². The molecule has 0 saturated carbocycles. The number of nitrogens with zero attached hydrogens (tertiary/aromatic N) is 2. The van der Waals surface area contributed by atoms with Gasteiger partial charge in [-0.25, -0.2) is 4.99 Å². The van der Waals surface area contributed by atoms with Crippen LogP contribution in [0.5, 0.6) is 0 Å². The highest BCUT2D eigenvalue weighted by atomic mass is 35.5. The molecule has 116 valence electrons. The average Bonchev–Trinajstić information content (AvgIpc) is 3.03. The van der Waals surface area contributed by atoms with Gasteiger partial charge in [-0.1, -0.05) is 22.8 Å². The van der Waals surface area contributed by atoms with E-state index < -0.39 is 17.8 Å². The molecule has 6 nitrogen and oxygen atoms in total. The van der Waals surface area contributed by atoms with Gasteiger partial charge in [0.2, 0.25) is 0 Å². The van der Waals surface area contributed by atoms with E-state index in [4.69, 9.17) is 20.9 Å². The number of aliphatic imine (C=N–C) groups is 1. The molecule has 3 rings (SSSR count). The van der Waals surface area contributed by atoms with Crippen molar-refractivity contribution in [2.75, 3.05) is 0 Å². The van der Waals surface area contributed by atoms with E-state index in [1.165, 1.54) is 18.4 Å². The molecule has 1 aromatic heterocycles. The zero-order valence-corrected chi connectivity index (χ0v) is 12.6. The second-order valence-electron chi connectivity index (χ2n) is 4.78. The highest BCUT2D eigenvalue weighted by Gasteiger charge is 2.26.